The molecule has 1 aromatic carbocycles. The third kappa shape index (κ3) is 3.77. The van der Waals surface area contributed by atoms with Gasteiger partial charge in [0.15, 0.2) is 0 Å². The number of nitrogens with one attached hydrogen (secondary N) is 1. The third-order valence-corrected chi connectivity index (χ3v) is 3.79. The van der Waals surface area contributed by atoms with Crippen LogP contribution in [0.25, 0.3) is 0 Å². The van der Waals surface area contributed by atoms with Gasteiger partial charge in [-0.25, -0.2) is 0 Å². The molecule has 1 aromatic heterocycles. The van der Waals surface area contributed by atoms with E-state index in [1.807, 2.05) is 54.2 Å². The highest BCUT2D eigenvalue weighted by atomic mass is 16.3. The Kier molecular flexibility index (Phi) is 4.71. The Morgan fingerprint density at radius 2 is 1.86 bits per heavy atom. The molecule has 0 spiro atoms. The van der Waals surface area contributed by atoms with E-state index in [0.29, 0.717) is 5.56 Å². The Hall–Kier alpha value is -2.07. The first kappa shape index (κ1) is 16.3. The first-order valence-electron chi connectivity index (χ1n) is 7.47. The molecule has 0 aliphatic rings. The van der Waals surface area contributed by atoms with Crippen molar-refractivity contribution >= 4 is 5.91 Å². The molecule has 0 saturated heterocycles. The standard InChI is InChI=1S/C18H24N2O2/c1-18(2,3)14-9-7-13(8-10-14)17(22)19-12-16(21)15-6-5-11-20(15)4/h5-11,16,21H,12H2,1-4H3,(H,19,22). The van der Waals surface area contributed by atoms with Crippen molar-refractivity contribution in [1.82, 2.24) is 9.88 Å². The van der Waals surface area contributed by atoms with Crippen molar-refractivity contribution in [3.05, 3.63) is 59.4 Å². The lowest BCUT2D eigenvalue weighted by Gasteiger charge is -2.19. The fourth-order valence-electron chi connectivity index (χ4n) is 2.34. The molecule has 1 heterocycles. The molecule has 0 bridgehead atoms. The highest BCUT2D eigenvalue weighted by molar-refractivity contribution is 5.94. The summed E-state index contributed by atoms with van der Waals surface area (Å²) in [5, 5.41) is 12.9. The number of carbonyl (C=O) groups excluding carboxylic acids is 1. The summed E-state index contributed by atoms with van der Waals surface area (Å²) in [6, 6.07) is 11.3. The zero-order valence-corrected chi connectivity index (χ0v) is 13.6. The molecule has 0 saturated carbocycles. The van der Waals surface area contributed by atoms with Gasteiger partial charge < -0.3 is 15.0 Å². The van der Waals surface area contributed by atoms with Crippen LogP contribution in [0.2, 0.25) is 0 Å². The van der Waals surface area contributed by atoms with E-state index in [2.05, 4.69) is 26.1 Å². The maximum atomic E-state index is 12.1. The lowest BCUT2D eigenvalue weighted by atomic mass is 9.87. The molecule has 2 N–H and O–H groups in total. The number of hydrogen-bond acceptors (Lipinski definition) is 2. The molecule has 4 nitrogen and oxygen atoms in total. The second-order valence-corrected chi connectivity index (χ2v) is 6.60. The molecule has 0 aliphatic carbocycles. The fraction of sp³-hybridized carbons (Fsp3) is 0.389. The van der Waals surface area contributed by atoms with Crippen LogP contribution in [0.5, 0.6) is 0 Å². The zero-order valence-electron chi connectivity index (χ0n) is 13.6. The largest absolute Gasteiger partial charge is 0.385 e. The third-order valence-electron chi connectivity index (χ3n) is 3.79. The zero-order chi connectivity index (χ0) is 16.3. The van der Waals surface area contributed by atoms with E-state index >= 15 is 0 Å². The highest BCUT2D eigenvalue weighted by Gasteiger charge is 2.15. The summed E-state index contributed by atoms with van der Waals surface area (Å²) in [6.07, 6.45) is 1.16. The Bertz CT molecular complexity index is 636. The molecule has 118 valence electrons. The Balaban J connectivity index is 1.96. The van der Waals surface area contributed by atoms with Crippen LogP contribution in [0.3, 0.4) is 0 Å². The molecule has 0 aliphatic heterocycles. The molecular formula is C18H24N2O2. The Labute approximate surface area is 131 Å². The lowest BCUT2D eigenvalue weighted by molar-refractivity contribution is 0.0912. The van der Waals surface area contributed by atoms with Gasteiger partial charge in [-0.3, -0.25) is 4.79 Å². The normalized spacial score (nSPS) is 13.0. The minimum absolute atomic E-state index is 0.0672. The summed E-state index contributed by atoms with van der Waals surface area (Å²) < 4.78 is 1.84. The monoisotopic (exact) mass is 300 g/mol. The van der Waals surface area contributed by atoms with Crippen molar-refractivity contribution in [2.24, 2.45) is 7.05 Å². The van der Waals surface area contributed by atoms with Crippen molar-refractivity contribution in [1.29, 1.82) is 0 Å². The number of amides is 1. The molecule has 1 unspecified atom stereocenters. The average Bonchev–Trinajstić information content (AvgIpc) is 2.90. The minimum Gasteiger partial charge on any atom is -0.385 e. The van der Waals surface area contributed by atoms with Gasteiger partial charge >= 0.3 is 0 Å². The van der Waals surface area contributed by atoms with E-state index in [1.165, 1.54) is 5.56 Å². The number of hydrogen-bond donors (Lipinski definition) is 2. The number of carbonyl (C=O) groups is 1. The molecule has 22 heavy (non-hydrogen) atoms. The maximum Gasteiger partial charge on any atom is 0.251 e. The predicted octanol–water partition coefficient (Wildman–Crippen LogP) is 2.79. The summed E-state index contributed by atoms with van der Waals surface area (Å²) >= 11 is 0. The molecule has 2 aromatic rings. The lowest BCUT2D eigenvalue weighted by Crippen LogP contribution is -2.29. The molecule has 0 radical (unpaired) electrons. The second kappa shape index (κ2) is 6.36. The van der Waals surface area contributed by atoms with Gasteiger partial charge in [0.2, 0.25) is 0 Å². The van der Waals surface area contributed by atoms with Crippen molar-refractivity contribution in [3.8, 4) is 0 Å². The second-order valence-electron chi connectivity index (χ2n) is 6.60. The fourth-order valence-corrected chi connectivity index (χ4v) is 2.34. The predicted molar refractivity (Wildman–Crippen MR) is 87.8 cm³/mol. The molecular weight excluding hydrogens is 276 g/mol. The topological polar surface area (TPSA) is 54.3 Å². The summed E-state index contributed by atoms with van der Waals surface area (Å²) in [7, 11) is 1.87. The van der Waals surface area contributed by atoms with Crippen LogP contribution in [-0.2, 0) is 12.5 Å². The molecule has 1 amide bonds. The number of aromatic nitrogens is 1. The van der Waals surface area contributed by atoms with Gasteiger partial charge in [0.1, 0.15) is 6.10 Å². The van der Waals surface area contributed by atoms with Crippen molar-refractivity contribution in [2.75, 3.05) is 6.54 Å². The number of rotatable bonds is 4. The van der Waals surface area contributed by atoms with Gasteiger partial charge in [0.25, 0.3) is 5.91 Å². The summed E-state index contributed by atoms with van der Waals surface area (Å²) in [5.74, 6) is -0.172. The Morgan fingerprint density at radius 3 is 2.36 bits per heavy atom. The van der Waals surface area contributed by atoms with Gasteiger partial charge in [0, 0.05) is 31.0 Å². The van der Waals surface area contributed by atoms with Crippen LogP contribution in [0, 0.1) is 0 Å². The number of aliphatic hydroxyl groups is 1. The first-order valence-corrected chi connectivity index (χ1v) is 7.47. The number of aryl methyl sites for hydroxylation is 1. The van der Waals surface area contributed by atoms with Crippen LogP contribution in [0.4, 0.5) is 0 Å². The van der Waals surface area contributed by atoms with Gasteiger partial charge in [-0.1, -0.05) is 32.9 Å². The minimum atomic E-state index is -0.710. The maximum absolute atomic E-state index is 12.1. The van der Waals surface area contributed by atoms with Crippen molar-refractivity contribution in [3.63, 3.8) is 0 Å². The number of nitrogens with zero attached hydrogens (tertiary/aromatic N) is 1. The van der Waals surface area contributed by atoms with Crippen LogP contribution < -0.4 is 5.32 Å². The summed E-state index contributed by atoms with van der Waals surface area (Å²) in [5.41, 5.74) is 2.64. The van der Waals surface area contributed by atoms with E-state index in [9.17, 15) is 9.90 Å². The molecule has 1 atom stereocenters. The summed E-state index contributed by atoms with van der Waals surface area (Å²) in [4.78, 5) is 12.1. The van der Waals surface area contributed by atoms with Gasteiger partial charge in [-0.15, -0.1) is 0 Å². The Morgan fingerprint density at radius 1 is 1.23 bits per heavy atom. The average molecular weight is 300 g/mol. The van der Waals surface area contributed by atoms with E-state index in [0.717, 1.165) is 5.69 Å². The van der Waals surface area contributed by atoms with E-state index in [4.69, 9.17) is 0 Å². The molecule has 4 heteroatoms. The van der Waals surface area contributed by atoms with Crippen LogP contribution in [0.1, 0.15) is 48.5 Å². The van der Waals surface area contributed by atoms with Gasteiger partial charge in [-0.05, 0) is 35.2 Å². The van der Waals surface area contributed by atoms with E-state index in [1.54, 1.807) is 0 Å². The van der Waals surface area contributed by atoms with E-state index < -0.39 is 6.10 Å². The smallest absolute Gasteiger partial charge is 0.251 e. The quantitative estimate of drug-likeness (QED) is 0.912. The summed E-state index contributed by atoms with van der Waals surface area (Å²) in [6.45, 7) is 6.60. The molecule has 0 fully saturated rings. The number of benzene rings is 1. The highest BCUT2D eigenvalue weighted by Crippen LogP contribution is 2.22. The first-order chi connectivity index (χ1) is 10.3. The molecule has 2 rings (SSSR count). The van der Waals surface area contributed by atoms with Crippen molar-refractivity contribution < 1.29 is 9.90 Å². The SMILES string of the molecule is Cn1cccc1C(O)CNC(=O)c1ccc(C(C)(C)C)cc1. The van der Waals surface area contributed by atoms with Crippen LogP contribution in [0.15, 0.2) is 42.6 Å². The number of aliphatic hydroxyl groups excluding tert-OH is 1. The van der Waals surface area contributed by atoms with E-state index in [-0.39, 0.29) is 17.9 Å². The van der Waals surface area contributed by atoms with Gasteiger partial charge in [-0.2, -0.15) is 0 Å². The van der Waals surface area contributed by atoms with Gasteiger partial charge in [0.05, 0.1) is 0 Å². The van der Waals surface area contributed by atoms with Crippen molar-refractivity contribution in [2.45, 2.75) is 32.3 Å². The van der Waals surface area contributed by atoms with Crippen LogP contribution in [-0.4, -0.2) is 22.1 Å². The van der Waals surface area contributed by atoms with Crippen LogP contribution >= 0.6 is 0 Å².